The van der Waals surface area contributed by atoms with Gasteiger partial charge in [0.05, 0.1) is 0 Å². The molecule has 2 aromatic heterocycles. The van der Waals surface area contributed by atoms with Gasteiger partial charge in [-0.05, 0) is 11.8 Å². The van der Waals surface area contributed by atoms with E-state index in [0.717, 1.165) is 18.1 Å². The molecule has 0 aromatic carbocycles. The van der Waals surface area contributed by atoms with Crippen LogP contribution in [0.4, 0.5) is 5.82 Å². The Balaban J connectivity index is 2.09. The Hall–Kier alpha value is -1.56. The molecule has 1 saturated heterocycles. The Morgan fingerprint density at radius 3 is 2.72 bits per heavy atom. The topological polar surface area (TPSA) is 57.8 Å². The fourth-order valence-corrected chi connectivity index (χ4v) is 3.21. The molecular formula is C12H15N3O2S. The van der Waals surface area contributed by atoms with Crippen LogP contribution in [0.3, 0.4) is 0 Å². The number of thiazole rings is 1. The first-order chi connectivity index (χ1) is 8.58. The summed E-state index contributed by atoms with van der Waals surface area (Å²) >= 11 is 1.46. The molecule has 96 valence electrons. The van der Waals surface area contributed by atoms with E-state index >= 15 is 0 Å². The number of hydrogen-bond donors (Lipinski definition) is 1. The summed E-state index contributed by atoms with van der Waals surface area (Å²) in [6.45, 7) is 6.16. The lowest BCUT2D eigenvalue weighted by molar-refractivity contribution is 0.0690. The molecule has 1 aliphatic heterocycles. The molecule has 1 N–H and O–H groups in total. The number of anilines is 1. The number of fused-ring (bicyclic) bond motifs is 1. The second kappa shape index (κ2) is 3.98. The van der Waals surface area contributed by atoms with Crippen LogP contribution in [-0.2, 0) is 0 Å². The Labute approximate surface area is 109 Å². The number of nitrogens with zero attached hydrogens (tertiary/aromatic N) is 3. The van der Waals surface area contributed by atoms with Crippen molar-refractivity contribution in [2.24, 2.45) is 11.8 Å². The van der Waals surface area contributed by atoms with E-state index in [2.05, 4.69) is 23.7 Å². The van der Waals surface area contributed by atoms with Crippen LogP contribution in [0.2, 0.25) is 0 Å². The molecule has 1 aliphatic rings. The van der Waals surface area contributed by atoms with E-state index in [1.807, 2.05) is 5.38 Å². The number of aromatic carboxylic acids is 1. The predicted molar refractivity (Wildman–Crippen MR) is 70.6 cm³/mol. The van der Waals surface area contributed by atoms with E-state index < -0.39 is 5.97 Å². The first-order valence-corrected chi connectivity index (χ1v) is 6.89. The van der Waals surface area contributed by atoms with Crippen LogP contribution < -0.4 is 4.90 Å². The van der Waals surface area contributed by atoms with Crippen molar-refractivity contribution in [1.29, 1.82) is 0 Å². The maximum Gasteiger partial charge on any atom is 0.356 e. The molecule has 6 heteroatoms. The molecule has 5 nitrogen and oxygen atoms in total. The van der Waals surface area contributed by atoms with Crippen molar-refractivity contribution >= 4 is 28.1 Å². The minimum Gasteiger partial charge on any atom is -0.476 e. The summed E-state index contributed by atoms with van der Waals surface area (Å²) in [5.41, 5.74) is 0.285. The van der Waals surface area contributed by atoms with Gasteiger partial charge in [-0.3, -0.25) is 4.40 Å². The highest BCUT2D eigenvalue weighted by atomic mass is 32.1. The quantitative estimate of drug-likeness (QED) is 0.904. The number of carboxylic acid groups (broad SMARTS) is 1. The monoisotopic (exact) mass is 265 g/mol. The summed E-state index contributed by atoms with van der Waals surface area (Å²) < 4.78 is 1.66. The number of rotatable bonds is 2. The molecule has 0 aliphatic carbocycles. The number of imidazole rings is 1. The lowest BCUT2D eigenvalue weighted by atomic mass is 10.0. The number of aromatic nitrogens is 2. The minimum absolute atomic E-state index is 0.285. The van der Waals surface area contributed by atoms with Crippen LogP contribution >= 0.6 is 11.3 Å². The summed E-state index contributed by atoms with van der Waals surface area (Å²) in [7, 11) is 0. The SMILES string of the molecule is CC1CN(c2nc3sccn3c2C(=O)O)CC1C. The highest BCUT2D eigenvalue weighted by Gasteiger charge is 2.31. The third kappa shape index (κ3) is 1.59. The maximum absolute atomic E-state index is 11.4. The Morgan fingerprint density at radius 2 is 2.11 bits per heavy atom. The second-order valence-corrected chi connectivity index (χ2v) is 5.88. The number of carbonyl (C=O) groups is 1. The van der Waals surface area contributed by atoms with Gasteiger partial charge in [0.2, 0.25) is 0 Å². The highest BCUT2D eigenvalue weighted by molar-refractivity contribution is 7.15. The van der Waals surface area contributed by atoms with Crippen molar-refractivity contribution < 1.29 is 9.90 Å². The van der Waals surface area contributed by atoms with Gasteiger partial charge in [-0.1, -0.05) is 13.8 Å². The van der Waals surface area contributed by atoms with Crippen molar-refractivity contribution in [2.75, 3.05) is 18.0 Å². The molecule has 2 aromatic rings. The van der Waals surface area contributed by atoms with Gasteiger partial charge < -0.3 is 10.0 Å². The molecule has 3 heterocycles. The van der Waals surface area contributed by atoms with E-state index in [1.165, 1.54) is 11.3 Å². The van der Waals surface area contributed by atoms with Crippen LogP contribution in [0.5, 0.6) is 0 Å². The molecule has 2 atom stereocenters. The summed E-state index contributed by atoms with van der Waals surface area (Å²) in [5.74, 6) is 0.853. The predicted octanol–water partition coefficient (Wildman–Crippen LogP) is 2.19. The number of carboxylic acids is 1. The zero-order chi connectivity index (χ0) is 12.9. The van der Waals surface area contributed by atoms with Crippen molar-refractivity contribution in [3.8, 4) is 0 Å². The van der Waals surface area contributed by atoms with Crippen LogP contribution in [0, 0.1) is 11.8 Å². The van der Waals surface area contributed by atoms with Crippen LogP contribution in [-0.4, -0.2) is 33.6 Å². The lowest BCUT2D eigenvalue weighted by Crippen LogP contribution is -2.22. The Kier molecular flexibility index (Phi) is 2.55. The van der Waals surface area contributed by atoms with E-state index in [4.69, 9.17) is 0 Å². The Bertz CT molecular complexity index is 594. The van der Waals surface area contributed by atoms with Crippen LogP contribution in [0.1, 0.15) is 24.3 Å². The van der Waals surface area contributed by atoms with Gasteiger partial charge in [0.15, 0.2) is 16.5 Å². The molecule has 0 radical (unpaired) electrons. The van der Waals surface area contributed by atoms with E-state index in [0.29, 0.717) is 17.7 Å². The molecule has 0 amide bonds. The van der Waals surface area contributed by atoms with Crippen molar-refractivity contribution in [3.05, 3.63) is 17.3 Å². The molecule has 18 heavy (non-hydrogen) atoms. The molecule has 3 rings (SSSR count). The molecule has 2 unspecified atom stereocenters. The fraction of sp³-hybridized carbons (Fsp3) is 0.500. The maximum atomic E-state index is 11.4. The first-order valence-electron chi connectivity index (χ1n) is 6.01. The molecule has 1 fully saturated rings. The number of hydrogen-bond acceptors (Lipinski definition) is 4. The standard InChI is InChI=1S/C12H15N3O2S/c1-7-5-14(6-8(7)2)10-9(11(16)17)15-3-4-18-12(15)13-10/h3-4,7-8H,5-6H2,1-2H3,(H,16,17). The zero-order valence-corrected chi connectivity index (χ0v) is 11.1. The zero-order valence-electron chi connectivity index (χ0n) is 10.3. The van der Waals surface area contributed by atoms with E-state index in [9.17, 15) is 9.90 Å². The van der Waals surface area contributed by atoms with Gasteiger partial charge in [0.25, 0.3) is 0 Å². The largest absolute Gasteiger partial charge is 0.476 e. The van der Waals surface area contributed by atoms with Gasteiger partial charge in [0.1, 0.15) is 0 Å². The van der Waals surface area contributed by atoms with Gasteiger partial charge in [-0.2, -0.15) is 0 Å². The third-order valence-electron chi connectivity index (χ3n) is 3.73. The minimum atomic E-state index is -0.914. The summed E-state index contributed by atoms with van der Waals surface area (Å²) in [5, 5.41) is 11.2. The normalized spacial score (nSPS) is 24.0. The molecular weight excluding hydrogens is 250 g/mol. The first kappa shape index (κ1) is 11.5. The van der Waals surface area contributed by atoms with Crippen molar-refractivity contribution in [2.45, 2.75) is 13.8 Å². The smallest absolute Gasteiger partial charge is 0.356 e. The fourth-order valence-electron chi connectivity index (χ4n) is 2.50. The van der Waals surface area contributed by atoms with Gasteiger partial charge in [-0.15, -0.1) is 11.3 Å². The molecule has 0 bridgehead atoms. The van der Waals surface area contributed by atoms with Gasteiger partial charge in [0, 0.05) is 24.7 Å². The third-order valence-corrected chi connectivity index (χ3v) is 4.49. The van der Waals surface area contributed by atoms with Crippen molar-refractivity contribution in [1.82, 2.24) is 9.38 Å². The summed E-state index contributed by atoms with van der Waals surface area (Å²) in [6, 6.07) is 0. The van der Waals surface area contributed by atoms with Gasteiger partial charge in [-0.25, -0.2) is 9.78 Å². The van der Waals surface area contributed by atoms with Crippen LogP contribution in [0.25, 0.3) is 4.96 Å². The highest BCUT2D eigenvalue weighted by Crippen LogP contribution is 2.31. The van der Waals surface area contributed by atoms with Crippen LogP contribution in [0.15, 0.2) is 11.6 Å². The summed E-state index contributed by atoms with van der Waals surface area (Å²) in [4.78, 5) is 18.7. The second-order valence-electron chi connectivity index (χ2n) is 5.00. The lowest BCUT2D eigenvalue weighted by Gasteiger charge is -2.15. The van der Waals surface area contributed by atoms with E-state index in [-0.39, 0.29) is 5.69 Å². The van der Waals surface area contributed by atoms with Crippen molar-refractivity contribution in [3.63, 3.8) is 0 Å². The van der Waals surface area contributed by atoms with Gasteiger partial charge >= 0.3 is 5.97 Å². The summed E-state index contributed by atoms with van der Waals surface area (Å²) in [6.07, 6.45) is 1.77. The average Bonchev–Trinajstić information content (AvgIpc) is 2.92. The molecule has 0 saturated carbocycles. The Morgan fingerprint density at radius 1 is 1.44 bits per heavy atom. The molecule has 0 spiro atoms. The van der Waals surface area contributed by atoms with E-state index in [1.54, 1.807) is 10.6 Å². The average molecular weight is 265 g/mol.